The summed E-state index contributed by atoms with van der Waals surface area (Å²) in [6.45, 7) is 6.20. The van der Waals surface area contributed by atoms with Gasteiger partial charge < -0.3 is 10.3 Å². The molecule has 0 aliphatic carbocycles. The Morgan fingerprint density at radius 1 is 1.13 bits per heavy atom. The van der Waals surface area contributed by atoms with Crippen molar-refractivity contribution in [1.29, 1.82) is 0 Å². The highest BCUT2D eigenvalue weighted by Crippen LogP contribution is 2.17. The van der Waals surface area contributed by atoms with Crippen LogP contribution in [0.15, 0.2) is 24.4 Å². The first-order valence-electron chi connectivity index (χ1n) is 5.01. The third-order valence-electron chi connectivity index (χ3n) is 2.47. The third kappa shape index (κ3) is 2.18. The average Bonchev–Trinajstić information content (AvgIpc) is 2.58. The number of aryl methyl sites for hydroxylation is 3. The van der Waals surface area contributed by atoms with Crippen molar-refractivity contribution in [2.45, 2.75) is 20.8 Å². The molecule has 0 atom stereocenters. The van der Waals surface area contributed by atoms with Crippen molar-refractivity contribution < 1.29 is 0 Å². The zero-order valence-electron chi connectivity index (χ0n) is 9.26. The zero-order valence-corrected chi connectivity index (χ0v) is 9.26. The maximum absolute atomic E-state index is 4.20. The van der Waals surface area contributed by atoms with Gasteiger partial charge in [0.25, 0.3) is 0 Å². The minimum absolute atomic E-state index is 0.788. The van der Waals surface area contributed by atoms with Gasteiger partial charge in [0.2, 0.25) is 5.95 Å². The number of imidazole rings is 1. The summed E-state index contributed by atoms with van der Waals surface area (Å²) in [6, 6.07) is 6.28. The molecule has 3 heteroatoms. The Morgan fingerprint density at radius 2 is 1.93 bits per heavy atom. The van der Waals surface area contributed by atoms with E-state index in [1.165, 1.54) is 11.1 Å². The fraction of sp³-hybridized carbons (Fsp3) is 0.250. The first-order chi connectivity index (χ1) is 7.15. The number of hydrogen-bond acceptors (Lipinski definition) is 2. The van der Waals surface area contributed by atoms with E-state index in [1.807, 2.05) is 13.1 Å². The molecule has 0 amide bonds. The highest BCUT2D eigenvalue weighted by Gasteiger charge is 1.99. The van der Waals surface area contributed by atoms with E-state index >= 15 is 0 Å². The molecule has 1 heterocycles. The number of benzene rings is 1. The van der Waals surface area contributed by atoms with Crippen molar-refractivity contribution in [3.63, 3.8) is 0 Å². The van der Waals surface area contributed by atoms with Gasteiger partial charge in [-0.25, -0.2) is 4.98 Å². The second-order valence-electron chi connectivity index (χ2n) is 3.84. The van der Waals surface area contributed by atoms with E-state index in [0.717, 1.165) is 17.3 Å². The fourth-order valence-corrected chi connectivity index (χ4v) is 1.43. The van der Waals surface area contributed by atoms with Crippen LogP contribution in [0.5, 0.6) is 0 Å². The molecule has 2 N–H and O–H groups in total. The zero-order chi connectivity index (χ0) is 10.8. The number of rotatable bonds is 2. The molecule has 2 rings (SSSR count). The molecule has 0 aliphatic heterocycles. The lowest BCUT2D eigenvalue weighted by Crippen LogP contribution is -1.93. The van der Waals surface area contributed by atoms with Gasteiger partial charge in [-0.15, -0.1) is 0 Å². The predicted molar refractivity (Wildman–Crippen MR) is 62.5 cm³/mol. The molecular formula is C12H15N3. The van der Waals surface area contributed by atoms with Crippen molar-refractivity contribution in [3.8, 4) is 0 Å². The van der Waals surface area contributed by atoms with Crippen LogP contribution in [0.4, 0.5) is 11.6 Å². The maximum Gasteiger partial charge on any atom is 0.204 e. The second kappa shape index (κ2) is 3.77. The van der Waals surface area contributed by atoms with Gasteiger partial charge in [0.15, 0.2) is 0 Å². The van der Waals surface area contributed by atoms with E-state index < -0.39 is 0 Å². The molecule has 0 radical (unpaired) electrons. The van der Waals surface area contributed by atoms with Crippen LogP contribution < -0.4 is 5.32 Å². The van der Waals surface area contributed by atoms with Crippen LogP contribution in [-0.4, -0.2) is 9.97 Å². The number of hydrogen-bond donors (Lipinski definition) is 2. The molecule has 0 saturated heterocycles. The van der Waals surface area contributed by atoms with E-state index in [2.05, 4.69) is 47.3 Å². The Bertz CT molecular complexity index is 471. The molecule has 0 unspecified atom stereocenters. The first kappa shape index (κ1) is 9.77. The van der Waals surface area contributed by atoms with Crippen LogP contribution in [0.25, 0.3) is 0 Å². The summed E-state index contributed by atoms with van der Waals surface area (Å²) < 4.78 is 0. The van der Waals surface area contributed by atoms with Crippen LogP contribution in [0.2, 0.25) is 0 Å². The average molecular weight is 201 g/mol. The highest BCUT2D eigenvalue weighted by molar-refractivity contribution is 5.55. The maximum atomic E-state index is 4.20. The van der Waals surface area contributed by atoms with Gasteiger partial charge in [-0.2, -0.15) is 0 Å². The van der Waals surface area contributed by atoms with Gasteiger partial charge in [-0.3, -0.25) is 0 Å². The highest BCUT2D eigenvalue weighted by atomic mass is 15.1. The summed E-state index contributed by atoms with van der Waals surface area (Å²) in [5.41, 5.74) is 4.70. The Hall–Kier alpha value is -1.77. The number of aromatic amines is 1. The number of nitrogens with one attached hydrogen (secondary N) is 2. The SMILES string of the molecule is Cc1cnc(Nc2ccc(C)c(C)c2)[nH]1. The van der Waals surface area contributed by atoms with Gasteiger partial charge in [0, 0.05) is 17.6 Å². The Balaban J connectivity index is 2.21. The minimum Gasteiger partial charge on any atom is -0.328 e. The van der Waals surface area contributed by atoms with Crippen molar-refractivity contribution in [2.75, 3.05) is 5.32 Å². The van der Waals surface area contributed by atoms with Crippen LogP contribution in [0, 0.1) is 20.8 Å². The summed E-state index contributed by atoms with van der Waals surface area (Å²) in [4.78, 5) is 7.33. The number of aromatic nitrogens is 2. The van der Waals surface area contributed by atoms with Crippen molar-refractivity contribution in [3.05, 3.63) is 41.2 Å². The van der Waals surface area contributed by atoms with Crippen LogP contribution in [0.3, 0.4) is 0 Å². The molecular weight excluding hydrogens is 186 g/mol. The molecule has 78 valence electrons. The molecule has 0 fully saturated rings. The topological polar surface area (TPSA) is 40.7 Å². The standard InChI is InChI=1S/C12H15N3/c1-8-4-5-11(6-9(8)2)15-12-13-7-10(3)14-12/h4-7H,1-3H3,(H2,13,14,15). The van der Waals surface area contributed by atoms with E-state index in [-0.39, 0.29) is 0 Å². The van der Waals surface area contributed by atoms with Gasteiger partial charge >= 0.3 is 0 Å². The third-order valence-corrected chi connectivity index (χ3v) is 2.47. The number of nitrogens with zero attached hydrogens (tertiary/aromatic N) is 1. The van der Waals surface area contributed by atoms with Gasteiger partial charge in [-0.05, 0) is 44.0 Å². The first-order valence-corrected chi connectivity index (χ1v) is 5.01. The summed E-state index contributed by atoms with van der Waals surface area (Å²) in [5, 5.41) is 3.23. The molecule has 1 aromatic heterocycles. The van der Waals surface area contributed by atoms with Gasteiger partial charge in [-0.1, -0.05) is 6.07 Å². The molecule has 0 aliphatic rings. The van der Waals surface area contributed by atoms with Crippen LogP contribution in [-0.2, 0) is 0 Å². The van der Waals surface area contributed by atoms with Gasteiger partial charge in [0.1, 0.15) is 0 Å². The van der Waals surface area contributed by atoms with Crippen molar-refractivity contribution in [2.24, 2.45) is 0 Å². The van der Waals surface area contributed by atoms with E-state index in [0.29, 0.717) is 0 Å². The lowest BCUT2D eigenvalue weighted by Gasteiger charge is -2.05. The fourth-order valence-electron chi connectivity index (χ4n) is 1.43. The van der Waals surface area contributed by atoms with E-state index in [4.69, 9.17) is 0 Å². The number of anilines is 2. The summed E-state index contributed by atoms with van der Waals surface area (Å²) in [7, 11) is 0. The lowest BCUT2D eigenvalue weighted by atomic mass is 10.1. The lowest BCUT2D eigenvalue weighted by molar-refractivity contribution is 1.24. The predicted octanol–water partition coefficient (Wildman–Crippen LogP) is 3.08. The van der Waals surface area contributed by atoms with E-state index in [9.17, 15) is 0 Å². The summed E-state index contributed by atoms with van der Waals surface area (Å²) >= 11 is 0. The Kier molecular flexibility index (Phi) is 2.46. The smallest absolute Gasteiger partial charge is 0.204 e. The molecule has 15 heavy (non-hydrogen) atoms. The summed E-state index contributed by atoms with van der Waals surface area (Å²) in [6.07, 6.45) is 1.81. The van der Waals surface area contributed by atoms with Crippen LogP contribution in [0.1, 0.15) is 16.8 Å². The van der Waals surface area contributed by atoms with Crippen molar-refractivity contribution in [1.82, 2.24) is 9.97 Å². The van der Waals surface area contributed by atoms with Crippen molar-refractivity contribution >= 4 is 11.6 Å². The minimum atomic E-state index is 0.788. The molecule has 0 bridgehead atoms. The normalized spacial score (nSPS) is 10.3. The Morgan fingerprint density at radius 3 is 2.53 bits per heavy atom. The number of H-pyrrole nitrogens is 1. The Labute approximate surface area is 89.6 Å². The largest absolute Gasteiger partial charge is 0.328 e. The molecule has 0 saturated carbocycles. The molecule has 0 spiro atoms. The monoisotopic (exact) mass is 201 g/mol. The van der Waals surface area contributed by atoms with E-state index in [1.54, 1.807) is 0 Å². The van der Waals surface area contributed by atoms with Crippen LogP contribution >= 0.6 is 0 Å². The summed E-state index contributed by atoms with van der Waals surface area (Å²) in [5.74, 6) is 0.788. The molecule has 1 aromatic carbocycles. The van der Waals surface area contributed by atoms with Gasteiger partial charge in [0.05, 0.1) is 0 Å². The quantitative estimate of drug-likeness (QED) is 0.784. The molecule has 2 aromatic rings. The second-order valence-corrected chi connectivity index (χ2v) is 3.84. The molecule has 3 nitrogen and oxygen atoms in total.